The molecule has 3 N–H and O–H groups in total. The van der Waals surface area contributed by atoms with Crippen LogP contribution in [0.5, 0.6) is 5.75 Å². The average molecular weight is 278 g/mol. The predicted octanol–water partition coefficient (Wildman–Crippen LogP) is 1.07. The molecular formula is C14H18N2O4. The van der Waals surface area contributed by atoms with Gasteiger partial charge in [-0.25, -0.2) is 0 Å². The zero-order valence-corrected chi connectivity index (χ0v) is 11.5. The van der Waals surface area contributed by atoms with Crippen molar-refractivity contribution in [3.63, 3.8) is 0 Å². The number of nitrogen functional groups attached to an aromatic ring is 1. The maximum atomic E-state index is 12.3. The van der Waals surface area contributed by atoms with Crippen LogP contribution in [0, 0.1) is 11.8 Å². The molecule has 1 heterocycles. The van der Waals surface area contributed by atoms with Crippen LogP contribution in [0.2, 0.25) is 0 Å². The van der Waals surface area contributed by atoms with Gasteiger partial charge in [0.05, 0.1) is 18.6 Å². The molecule has 1 amide bonds. The third-order valence-electron chi connectivity index (χ3n) is 3.78. The van der Waals surface area contributed by atoms with Crippen LogP contribution < -0.4 is 10.5 Å². The fraction of sp³-hybridized carbons (Fsp3) is 0.429. The Labute approximate surface area is 117 Å². The Bertz CT molecular complexity index is 538. The summed E-state index contributed by atoms with van der Waals surface area (Å²) >= 11 is 0. The summed E-state index contributed by atoms with van der Waals surface area (Å²) in [6, 6.07) is 4.92. The van der Waals surface area contributed by atoms with Crippen molar-refractivity contribution in [3.8, 4) is 5.75 Å². The first kappa shape index (κ1) is 14.2. The van der Waals surface area contributed by atoms with Gasteiger partial charge in [-0.3, -0.25) is 9.59 Å². The standard InChI is InChI=1S/C14H18N2O4/c1-8(14(18)19)9-6-16(7-9)13(17)11-5-10(20-2)3-4-12(11)15/h3-5,8-9H,6-7,15H2,1-2H3,(H,18,19). The van der Waals surface area contributed by atoms with Crippen LogP contribution in [-0.4, -0.2) is 42.1 Å². The lowest BCUT2D eigenvalue weighted by molar-refractivity contribution is -0.144. The van der Waals surface area contributed by atoms with Gasteiger partial charge in [0, 0.05) is 24.7 Å². The molecule has 2 rings (SSSR count). The van der Waals surface area contributed by atoms with Crippen molar-refractivity contribution in [3.05, 3.63) is 23.8 Å². The number of carbonyl (C=O) groups excluding carboxylic acids is 1. The van der Waals surface area contributed by atoms with E-state index in [-0.39, 0.29) is 11.8 Å². The van der Waals surface area contributed by atoms with E-state index in [0.717, 1.165) is 0 Å². The number of ether oxygens (including phenoxy) is 1. The molecule has 6 heteroatoms. The molecule has 1 aromatic rings. The summed E-state index contributed by atoms with van der Waals surface area (Å²) in [5.74, 6) is -0.887. The molecule has 1 saturated heterocycles. The highest BCUT2D eigenvalue weighted by Gasteiger charge is 2.37. The molecule has 1 aliphatic rings. The van der Waals surface area contributed by atoms with E-state index < -0.39 is 11.9 Å². The summed E-state index contributed by atoms with van der Waals surface area (Å²) in [4.78, 5) is 24.8. The van der Waals surface area contributed by atoms with Crippen molar-refractivity contribution in [1.29, 1.82) is 0 Å². The van der Waals surface area contributed by atoms with E-state index in [1.54, 1.807) is 30.0 Å². The van der Waals surface area contributed by atoms with Gasteiger partial charge in [0.1, 0.15) is 5.75 Å². The smallest absolute Gasteiger partial charge is 0.306 e. The molecule has 1 atom stereocenters. The average Bonchev–Trinajstić information content (AvgIpc) is 2.37. The normalized spacial score (nSPS) is 16.4. The molecule has 1 aliphatic heterocycles. The molecule has 0 radical (unpaired) electrons. The van der Waals surface area contributed by atoms with Gasteiger partial charge in [0.2, 0.25) is 0 Å². The molecule has 0 saturated carbocycles. The zero-order chi connectivity index (χ0) is 14.9. The first-order chi connectivity index (χ1) is 9.43. The number of likely N-dealkylation sites (tertiary alicyclic amines) is 1. The molecule has 6 nitrogen and oxygen atoms in total. The van der Waals surface area contributed by atoms with Crippen molar-refractivity contribution in [2.24, 2.45) is 11.8 Å². The van der Waals surface area contributed by atoms with Gasteiger partial charge in [-0.05, 0) is 18.2 Å². The van der Waals surface area contributed by atoms with Crippen molar-refractivity contribution >= 4 is 17.6 Å². The van der Waals surface area contributed by atoms with Crippen LogP contribution in [-0.2, 0) is 4.79 Å². The fourth-order valence-corrected chi connectivity index (χ4v) is 2.21. The van der Waals surface area contributed by atoms with Gasteiger partial charge in [0.15, 0.2) is 0 Å². The summed E-state index contributed by atoms with van der Waals surface area (Å²) in [6.07, 6.45) is 0. The van der Waals surface area contributed by atoms with Crippen LogP contribution in [0.25, 0.3) is 0 Å². The first-order valence-corrected chi connectivity index (χ1v) is 6.39. The van der Waals surface area contributed by atoms with E-state index in [9.17, 15) is 9.59 Å². The summed E-state index contributed by atoms with van der Waals surface area (Å²) in [5.41, 5.74) is 6.60. The number of benzene rings is 1. The minimum Gasteiger partial charge on any atom is -0.497 e. The highest BCUT2D eigenvalue weighted by atomic mass is 16.5. The number of rotatable bonds is 4. The summed E-state index contributed by atoms with van der Waals surface area (Å²) < 4.78 is 5.08. The number of hydrogen-bond acceptors (Lipinski definition) is 4. The van der Waals surface area contributed by atoms with Crippen molar-refractivity contribution in [2.45, 2.75) is 6.92 Å². The quantitative estimate of drug-likeness (QED) is 0.804. The molecule has 1 aromatic carbocycles. The Morgan fingerprint density at radius 1 is 1.45 bits per heavy atom. The van der Waals surface area contributed by atoms with E-state index in [1.807, 2.05) is 0 Å². The lowest BCUT2D eigenvalue weighted by Gasteiger charge is -2.41. The van der Waals surface area contributed by atoms with E-state index in [2.05, 4.69) is 0 Å². The molecule has 0 bridgehead atoms. The monoisotopic (exact) mass is 278 g/mol. The number of anilines is 1. The van der Waals surface area contributed by atoms with Crippen LogP contribution >= 0.6 is 0 Å². The van der Waals surface area contributed by atoms with Gasteiger partial charge in [-0.15, -0.1) is 0 Å². The number of nitrogens with two attached hydrogens (primary N) is 1. The molecule has 108 valence electrons. The molecule has 0 aliphatic carbocycles. The van der Waals surface area contributed by atoms with Crippen molar-refractivity contribution in [1.82, 2.24) is 4.90 Å². The number of nitrogens with zero attached hydrogens (tertiary/aromatic N) is 1. The number of hydrogen-bond donors (Lipinski definition) is 2. The lowest BCUT2D eigenvalue weighted by atomic mass is 9.86. The third-order valence-corrected chi connectivity index (χ3v) is 3.78. The van der Waals surface area contributed by atoms with E-state index in [4.69, 9.17) is 15.6 Å². The minimum absolute atomic E-state index is 0.00304. The largest absolute Gasteiger partial charge is 0.497 e. The van der Waals surface area contributed by atoms with Crippen molar-refractivity contribution < 1.29 is 19.4 Å². The Morgan fingerprint density at radius 2 is 2.10 bits per heavy atom. The highest BCUT2D eigenvalue weighted by Crippen LogP contribution is 2.28. The summed E-state index contributed by atoms with van der Waals surface area (Å²) in [5, 5.41) is 8.93. The Kier molecular flexibility index (Phi) is 3.83. The number of carbonyl (C=O) groups is 2. The third kappa shape index (κ3) is 2.54. The maximum Gasteiger partial charge on any atom is 0.306 e. The number of carboxylic acids is 1. The van der Waals surface area contributed by atoms with Gasteiger partial charge < -0.3 is 20.5 Å². The van der Waals surface area contributed by atoms with E-state index >= 15 is 0 Å². The molecule has 1 fully saturated rings. The fourth-order valence-electron chi connectivity index (χ4n) is 2.21. The van der Waals surface area contributed by atoms with Crippen LogP contribution in [0.3, 0.4) is 0 Å². The summed E-state index contributed by atoms with van der Waals surface area (Å²) in [7, 11) is 1.52. The van der Waals surface area contributed by atoms with Crippen LogP contribution in [0.15, 0.2) is 18.2 Å². The lowest BCUT2D eigenvalue weighted by Crippen LogP contribution is -2.53. The maximum absolute atomic E-state index is 12.3. The zero-order valence-electron chi connectivity index (χ0n) is 11.5. The van der Waals surface area contributed by atoms with Crippen LogP contribution in [0.1, 0.15) is 17.3 Å². The number of methoxy groups -OCH3 is 1. The Balaban J connectivity index is 2.06. The second-order valence-electron chi connectivity index (χ2n) is 5.05. The Morgan fingerprint density at radius 3 is 2.65 bits per heavy atom. The minimum atomic E-state index is -0.831. The summed E-state index contributed by atoms with van der Waals surface area (Å²) in [6.45, 7) is 2.56. The number of amides is 1. The van der Waals surface area contributed by atoms with Crippen LogP contribution in [0.4, 0.5) is 5.69 Å². The van der Waals surface area contributed by atoms with Gasteiger partial charge in [-0.2, -0.15) is 0 Å². The SMILES string of the molecule is COc1ccc(N)c(C(=O)N2CC(C(C)C(=O)O)C2)c1. The molecule has 0 spiro atoms. The number of carboxylic acid groups (broad SMARTS) is 1. The van der Waals surface area contributed by atoms with E-state index in [0.29, 0.717) is 30.1 Å². The predicted molar refractivity (Wildman–Crippen MR) is 73.6 cm³/mol. The van der Waals surface area contributed by atoms with Gasteiger partial charge in [-0.1, -0.05) is 6.92 Å². The molecule has 1 unspecified atom stereocenters. The second kappa shape index (κ2) is 5.40. The topological polar surface area (TPSA) is 92.9 Å². The van der Waals surface area contributed by atoms with E-state index in [1.165, 1.54) is 7.11 Å². The second-order valence-corrected chi connectivity index (χ2v) is 5.05. The molecule has 0 aromatic heterocycles. The highest BCUT2D eigenvalue weighted by molar-refractivity contribution is 6.00. The van der Waals surface area contributed by atoms with Crippen molar-refractivity contribution in [2.75, 3.05) is 25.9 Å². The number of aliphatic carboxylic acids is 1. The molecule has 20 heavy (non-hydrogen) atoms. The first-order valence-electron chi connectivity index (χ1n) is 6.39. The van der Waals surface area contributed by atoms with Gasteiger partial charge >= 0.3 is 5.97 Å². The van der Waals surface area contributed by atoms with Gasteiger partial charge in [0.25, 0.3) is 5.91 Å². The Hall–Kier alpha value is -2.24. The molecular weight excluding hydrogens is 260 g/mol.